The number of nitrogens with zero attached hydrogens (tertiary/aromatic N) is 3. The van der Waals surface area contributed by atoms with Gasteiger partial charge < -0.3 is 19.8 Å². The molecule has 2 aliphatic heterocycles. The van der Waals surface area contributed by atoms with E-state index in [2.05, 4.69) is 16.9 Å². The summed E-state index contributed by atoms with van der Waals surface area (Å²) in [6.07, 6.45) is 3.52. The topological polar surface area (TPSA) is 78.7 Å². The number of aromatic hydroxyl groups is 1. The van der Waals surface area contributed by atoms with E-state index in [0.717, 1.165) is 36.2 Å². The molecule has 2 aliphatic carbocycles. The molecular formula is C20H21N3O3. The van der Waals surface area contributed by atoms with E-state index >= 15 is 0 Å². The van der Waals surface area contributed by atoms with E-state index in [4.69, 9.17) is 9.72 Å². The molecule has 4 atom stereocenters. The van der Waals surface area contributed by atoms with Crippen LogP contribution in [0.1, 0.15) is 40.7 Å². The molecular weight excluding hydrogens is 330 g/mol. The third kappa shape index (κ3) is 1.41. The van der Waals surface area contributed by atoms with Gasteiger partial charge in [-0.15, -0.1) is 0 Å². The number of fused-ring (bicyclic) bond motifs is 2. The minimum absolute atomic E-state index is 0.0137. The highest BCUT2D eigenvalue weighted by Gasteiger charge is 2.72. The van der Waals surface area contributed by atoms with Gasteiger partial charge in [-0.1, -0.05) is 6.07 Å². The van der Waals surface area contributed by atoms with Crippen molar-refractivity contribution in [3.05, 3.63) is 46.5 Å². The Balaban J connectivity index is 1.73. The summed E-state index contributed by atoms with van der Waals surface area (Å²) in [6.45, 7) is 2.77. The van der Waals surface area contributed by atoms with Gasteiger partial charge in [-0.25, -0.2) is 9.97 Å². The fourth-order valence-corrected chi connectivity index (χ4v) is 6.09. The van der Waals surface area contributed by atoms with Crippen LogP contribution >= 0.6 is 0 Å². The molecule has 1 aromatic carbocycles. The molecule has 1 fully saturated rings. The normalized spacial score (nSPS) is 36.3. The van der Waals surface area contributed by atoms with Crippen molar-refractivity contribution in [3.8, 4) is 11.5 Å². The maximum atomic E-state index is 12.1. The minimum atomic E-state index is -0.956. The second kappa shape index (κ2) is 4.38. The van der Waals surface area contributed by atoms with Crippen molar-refractivity contribution in [2.45, 2.75) is 49.3 Å². The van der Waals surface area contributed by atoms with Crippen molar-refractivity contribution >= 4 is 0 Å². The Morgan fingerprint density at radius 1 is 1.31 bits per heavy atom. The first-order valence-electron chi connectivity index (χ1n) is 9.23. The molecule has 134 valence electrons. The minimum Gasteiger partial charge on any atom is -0.504 e. The van der Waals surface area contributed by atoms with Crippen LogP contribution in [0.4, 0.5) is 0 Å². The number of piperidine rings is 1. The van der Waals surface area contributed by atoms with Gasteiger partial charge in [0.15, 0.2) is 17.6 Å². The molecule has 0 saturated carbocycles. The van der Waals surface area contributed by atoms with Crippen LogP contribution < -0.4 is 4.74 Å². The van der Waals surface area contributed by atoms with Gasteiger partial charge in [-0.2, -0.15) is 0 Å². The van der Waals surface area contributed by atoms with Crippen LogP contribution in [0.3, 0.4) is 0 Å². The van der Waals surface area contributed by atoms with E-state index in [1.54, 1.807) is 6.07 Å². The van der Waals surface area contributed by atoms with Gasteiger partial charge in [-0.05, 0) is 50.6 Å². The molecule has 4 aliphatic rings. The third-order valence-electron chi connectivity index (χ3n) is 7.21. The Labute approximate surface area is 151 Å². The number of hydrogen-bond acceptors (Lipinski definition) is 6. The zero-order valence-electron chi connectivity index (χ0n) is 14.9. The van der Waals surface area contributed by atoms with Gasteiger partial charge >= 0.3 is 0 Å². The summed E-state index contributed by atoms with van der Waals surface area (Å²) in [5, 5.41) is 22.6. The van der Waals surface area contributed by atoms with Crippen LogP contribution in [0.15, 0.2) is 18.3 Å². The van der Waals surface area contributed by atoms with Crippen LogP contribution in [0, 0.1) is 6.92 Å². The van der Waals surface area contributed by atoms with Crippen molar-refractivity contribution in [3.63, 3.8) is 0 Å². The van der Waals surface area contributed by atoms with E-state index in [1.807, 2.05) is 19.2 Å². The number of ether oxygens (including phenoxy) is 1. The van der Waals surface area contributed by atoms with Gasteiger partial charge in [-0.3, -0.25) is 0 Å². The summed E-state index contributed by atoms with van der Waals surface area (Å²) in [5.41, 5.74) is 2.50. The molecule has 6 nitrogen and oxygen atoms in total. The first kappa shape index (κ1) is 14.9. The second-order valence-electron chi connectivity index (χ2n) is 8.30. The van der Waals surface area contributed by atoms with Gasteiger partial charge in [0, 0.05) is 24.2 Å². The molecule has 2 aromatic rings. The molecule has 0 amide bonds. The molecule has 0 radical (unpaired) electrons. The average molecular weight is 351 g/mol. The van der Waals surface area contributed by atoms with Crippen molar-refractivity contribution in [1.82, 2.24) is 14.9 Å². The Bertz CT molecular complexity index is 977. The lowest BCUT2D eigenvalue weighted by molar-refractivity contribution is -0.168. The maximum Gasteiger partial charge on any atom is 0.166 e. The van der Waals surface area contributed by atoms with Crippen LogP contribution in [0.2, 0.25) is 0 Å². The molecule has 6 heteroatoms. The van der Waals surface area contributed by atoms with Crippen LogP contribution in [-0.2, 0) is 18.3 Å². The number of phenols is 1. The van der Waals surface area contributed by atoms with Crippen LogP contribution in [-0.4, -0.2) is 50.3 Å². The lowest BCUT2D eigenvalue weighted by Gasteiger charge is -2.62. The standard InChI is InChI=1S/C20H21N3O3/c1-10-21-9-12-8-20(25)14-7-11-3-4-13(24)17-15(11)19(20,5-6-23(14)2)18(26-17)16(12)22-10/h3-4,9,14,18,24-25H,5-8H2,1-2H3. The average Bonchev–Trinajstić information content (AvgIpc) is 2.96. The smallest absolute Gasteiger partial charge is 0.166 e. The number of aliphatic hydroxyl groups is 1. The Morgan fingerprint density at radius 2 is 2.15 bits per heavy atom. The van der Waals surface area contributed by atoms with E-state index in [-0.39, 0.29) is 17.9 Å². The summed E-state index contributed by atoms with van der Waals surface area (Å²) in [5.74, 6) is 1.40. The number of benzene rings is 1. The molecule has 26 heavy (non-hydrogen) atoms. The first-order valence-corrected chi connectivity index (χ1v) is 9.23. The number of aryl methyl sites for hydroxylation is 1. The fraction of sp³-hybridized carbons (Fsp3) is 0.500. The number of phenolic OH excluding ortho intramolecular Hbond substituents is 1. The van der Waals surface area contributed by atoms with Crippen molar-refractivity contribution in [2.75, 3.05) is 13.6 Å². The quantitative estimate of drug-likeness (QED) is 0.747. The summed E-state index contributed by atoms with van der Waals surface area (Å²) in [7, 11) is 2.09. The number of hydrogen-bond donors (Lipinski definition) is 2. The summed E-state index contributed by atoms with van der Waals surface area (Å²) >= 11 is 0. The molecule has 1 saturated heterocycles. The largest absolute Gasteiger partial charge is 0.504 e. The summed E-state index contributed by atoms with van der Waals surface area (Å²) < 4.78 is 6.37. The molecule has 4 unspecified atom stereocenters. The zero-order valence-corrected chi connectivity index (χ0v) is 14.9. The third-order valence-corrected chi connectivity index (χ3v) is 7.21. The number of rotatable bonds is 0. The van der Waals surface area contributed by atoms with Crippen molar-refractivity contribution in [1.29, 1.82) is 0 Å². The SMILES string of the molecule is Cc1ncc2c(n1)C1Oc3c(O)ccc4c3C13CCN(C)C(C4)C3(O)C2. The van der Waals surface area contributed by atoms with Crippen LogP contribution in [0.25, 0.3) is 0 Å². The summed E-state index contributed by atoms with van der Waals surface area (Å²) in [4.78, 5) is 11.3. The number of aromatic nitrogens is 2. The molecule has 2 N–H and O–H groups in total. The molecule has 3 heterocycles. The zero-order chi connectivity index (χ0) is 17.8. The van der Waals surface area contributed by atoms with Crippen molar-refractivity contribution in [2.24, 2.45) is 0 Å². The fourth-order valence-electron chi connectivity index (χ4n) is 6.09. The predicted molar refractivity (Wildman–Crippen MR) is 93.3 cm³/mol. The van der Waals surface area contributed by atoms with Gasteiger partial charge in [0.1, 0.15) is 5.82 Å². The number of likely N-dealkylation sites (tertiary alicyclic amines) is 1. The Hall–Kier alpha value is -2.18. The second-order valence-corrected chi connectivity index (χ2v) is 8.30. The Kier molecular flexibility index (Phi) is 2.51. The molecule has 2 bridgehead atoms. The highest BCUT2D eigenvalue weighted by molar-refractivity contribution is 5.64. The lowest BCUT2D eigenvalue weighted by Crippen LogP contribution is -2.74. The Morgan fingerprint density at radius 3 is 3.00 bits per heavy atom. The molecule has 1 spiro atoms. The van der Waals surface area contributed by atoms with E-state index in [9.17, 15) is 10.2 Å². The van der Waals surface area contributed by atoms with Gasteiger partial charge in [0.05, 0.1) is 16.7 Å². The highest BCUT2D eigenvalue weighted by Crippen LogP contribution is 2.68. The first-order chi connectivity index (χ1) is 12.5. The number of likely N-dealkylation sites (N-methyl/N-ethyl adjacent to an activating group) is 1. The molecule has 1 aromatic heterocycles. The van der Waals surface area contributed by atoms with Crippen molar-refractivity contribution < 1.29 is 14.9 Å². The summed E-state index contributed by atoms with van der Waals surface area (Å²) in [6, 6.07) is 3.72. The lowest BCUT2D eigenvalue weighted by atomic mass is 9.49. The van der Waals surface area contributed by atoms with E-state index in [0.29, 0.717) is 18.0 Å². The van der Waals surface area contributed by atoms with E-state index in [1.165, 1.54) is 5.56 Å². The predicted octanol–water partition coefficient (Wildman–Crippen LogP) is 1.41. The monoisotopic (exact) mass is 351 g/mol. The highest BCUT2D eigenvalue weighted by atomic mass is 16.5. The maximum absolute atomic E-state index is 12.1. The van der Waals surface area contributed by atoms with Gasteiger partial charge in [0.25, 0.3) is 0 Å². The molecule has 6 rings (SSSR count). The van der Waals surface area contributed by atoms with Gasteiger partial charge in [0.2, 0.25) is 0 Å². The van der Waals surface area contributed by atoms with E-state index < -0.39 is 11.0 Å². The van der Waals surface area contributed by atoms with Crippen LogP contribution in [0.5, 0.6) is 11.5 Å².